The van der Waals surface area contributed by atoms with Gasteiger partial charge in [0.25, 0.3) is 10.0 Å². The molecule has 4 aromatic rings. The summed E-state index contributed by atoms with van der Waals surface area (Å²) >= 11 is 0. The Bertz CT molecular complexity index is 1870. The number of esters is 1. The average molecular weight is 660 g/mol. The number of methoxy groups -OCH3 is 1. The summed E-state index contributed by atoms with van der Waals surface area (Å²) in [5.74, 6) is -1.54. The number of carbonyl (C=O) groups excluding carboxylic acids is 2. The third kappa shape index (κ3) is 6.78. The summed E-state index contributed by atoms with van der Waals surface area (Å²) in [5.41, 5.74) is -2.46. The molecule has 1 saturated heterocycles. The van der Waals surface area contributed by atoms with Crippen LogP contribution >= 0.6 is 0 Å². The lowest BCUT2D eigenvalue weighted by atomic mass is 9.94. The molecule has 15 heteroatoms. The average Bonchev–Trinajstić information content (AvgIpc) is 3.40. The van der Waals surface area contributed by atoms with Gasteiger partial charge in [-0.1, -0.05) is 36.4 Å². The van der Waals surface area contributed by atoms with Gasteiger partial charge in [-0.05, 0) is 45.4 Å². The topological polar surface area (TPSA) is 133 Å². The number of rotatable bonds is 6. The highest BCUT2D eigenvalue weighted by molar-refractivity contribution is 7.90. The zero-order valence-electron chi connectivity index (χ0n) is 25.4. The van der Waals surface area contributed by atoms with E-state index in [1.54, 1.807) is 51.1 Å². The van der Waals surface area contributed by atoms with Crippen LogP contribution in [0.2, 0.25) is 0 Å². The number of amides is 1. The standard InChI is InChI=1S/C31H32F3N5O6S/c1-30(2,3)45-29(41)38-16-19(27(40)44-4)14-20(17-38)36-28-35-15-24(31(32,33)34)26(37-28)23-18-39(25-13-9-8-12-22(23)25)46(42,43)21-10-6-5-7-11-21/h5-13,15,18-20H,14,16-17H2,1-4H3,(H,35,36,37). The largest absolute Gasteiger partial charge is 0.469 e. The van der Waals surface area contributed by atoms with E-state index in [1.165, 1.54) is 36.3 Å². The van der Waals surface area contributed by atoms with Crippen LogP contribution in [0.25, 0.3) is 22.2 Å². The lowest BCUT2D eigenvalue weighted by Crippen LogP contribution is -2.52. The number of nitrogens with zero attached hydrogens (tertiary/aromatic N) is 4. The first kappa shape index (κ1) is 32.7. The summed E-state index contributed by atoms with van der Waals surface area (Å²) in [5, 5.41) is 3.18. The first-order valence-electron chi connectivity index (χ1n) is 14.3. The Labute approximate surface area is 263 Å². The molecule has 5 rings (SSSR count). The lowest BCUT2D eigenvalue weighted by Gasteiger charge is -2.37. The number of alkyl halides is 3. The third-order valence-corrected chi connectivity index (χ3v) is 8.99. The lowest BCUT2D eigenvalue weighted by molar-refractivity contribution is -0.147. The van der Waals surface area contributed by atoms with Crippen molar-refractivity contribution in [3.05, 3.63) is 72.6 Å². The van der Waals surface area contributed by atoms with Crippen molar-refractivity contribution >= 4 is 38.9 Å². The van der Waals surface area contributed by atoms with Crippen molar-refractivity contribution in [2.45, 2.75) is 49.9 Å². The Balaban J connectivity index is 1.57. The van der Waals surface area contributed by atoms with Gasteiger partial charge in [0.2, 0.25) is 5.95 Å². The molecular weight excluding hydrogens is 627 g/mol. The number of hydrogen-bond acceptors (Lipinski definition) is 9. The molecule has 1 fully saturated rings. The number of nitrogens with one attached hydrogen (secondary N) is 1. The van der Waals surface area contributed by atoms with Crippen LogP contribution in [0, 0.1) is 5.92 Å². The van der Waals surface area contributed by atoms with Crippen molar-refractivity contribution in [3.63, 3.8) is 0 Å². The second kappa shape index (κ2) is 12.3. The first-order valence-corrected chi connectivity index (χ1v) is 15.7. The van der Waals surface area contributed by atoms with E-state index in [4.69, 9.17) is 9.47 Å². The molecule has 2 aromatic carbocycles. The van der Waals surface area contributed by atoms with E-state index in [2.05, 4.69) is 15.3 Å². The monoisotopic (exact) mass is 659 g/mol. The van der Waals surface area contributed by atoms with Gasteiger partial charge in [-0.3, -0.25) is 4.79 Å². The van der Waals surface area contributed by atoms with E-state index in [0.29, 0.717) is 6.20 Å². The molecule has 0 radical (unpaired) electrons. The van der Waals surface area contributed by atoms with Crippen LogP contribution < -0.4 is 5.32 Å². The number of piperidine rings is 1. The fourth-order valence-corrected chi connectivity index (χ4v) is 6.70. The van der Waals surface area contributed by atoms with Crippen molar-refractivity contribution in [2.75, 3.05) is 25.5 Å². The SMILES string of the molecule is COC(=O)C1CC(Nc2ncc(C(F)(F)F)c(-c3cn(S(=O)(=O)c4ccccc4)c4ccccc34)n2)CN(C(=O)OC(C)(C)C)C1. The molecule has 2 atom stereocenters. The first-order chi connectivity index (χ1) is 21.6. The number of aromatic nitrogens is 3. The Morgan fingerprint density at radius 1 is 1.00 bits per heavy atom. The van der Waals surface area contributed by atoms with E-state index in [9.17, 15) is 31.2 Å². The molecule has 1 aliphatic rings. The number of likely N-dealkylation sites (tertiary alicyclic amines) is 1. The van der Waals surface area contributed by atoms with Gasteiger partial charge in [0.1, 0.15) is 11.2 Å². The Kier molecular flexibility index (Phi) is 8.73. The minimum Gasteiger partial charge on any atom is -0.469 e. The van der Waals surface area contributed by atoms with Crippen molar-refractivity contribution in [2.24, 2.45) is 5.92 Å². The van der Waals surface area contributed by atoms with Gasteiger partial charge < -0.3 is 19.7 Å². The maximum Gasteiger partial charge on any atom is 0.419 e. The minimum atomic E-state index is -4.89. The highest BCUT2D eigenvalue weighted by Crippen LogP contribution is 2.40. The number of carbonyl (C=O) groups is 2. The van der Waals surface area contributed by atoms with E-state index in [0.717, 1.165) is 10.2 Å². The van der Waals surface area contributed by atoms with Crippen molar-refractivity contribution < 1.29 is 40.7 Å². The number of hydrogen-bond donors (Lipinski definition) is 1. The molecule has 0 saturated carbocycles. The minimum absolute atomic E-state index is 0.0221. The van der Waals surface area contributed by atoms with E-state index < -0.39 is 57.1 Å². The molecule has 0 aliphatic carbocycles. The van der Waals surface area contributed by atoms with E-state index >= 15 is 0 Å². The molecule has 1 N–H and O–H groups in total. The summed E-state index contributed by atoms with van der Waals surface area (Å²) in [7, 11) is -2.98. The highest BCUT2D eigenvalue weighted by Gasteiger charge is 2.39. The van der Waals surface area contributed by atoms with Gasteiger partial charge in [-0.2, -0.15) is 13.2 Å². The highest BCUT2D eigenvalue weighted by atomic mass is 32.2. The fourth-order valence-electron chi connectivity index (χ4n) is 5.31. The summed E-state index contributed by atoms with van der Waals surface area (Å²) in [6, 6.07) is 13.0. The van der Waals surface area contributed by atoms with Gasteiger partial charge in [-0.25, -0.2) is 27.2 Å². The molecule has 2 aromatic heterocycles. The number of benzene rings is 2. The van der Waals surface area contributed by atoms with Crippen LogP contribution in [-0.2, 0) is 30.5 Å². The number of halogens is 3. The van der Waals surface area contributed by atoms with Crippen LogP contribution in [0.4, 0.5) is 23.9 Å². The normalized spacial score (nSPS) is 17.5. The summed E-state index contributed by atoms with van der Waals surface area (Å²) in [6.45, 7) is 5.15. The van der Waals surface area contributed by atoms with Gasteiger partial charge in [-0.15, -0.1) is 0 Å². The predicted octanol–water partition coefficient (Wildman–Crippen LogP) is 5.56. The van der Waals surface area contributed by atoms with Crippen LogP contribution in [-0.4, -0.2) is 71.2 Å². The maximum absolute atomic E-state index is 14.3. The molecular formula is C31H32F3N5O6S. The second-order valence-corrected chi connectivity index (χ2v) is 13.6. The number of anilines is 1. The Morgan fingerprint density at radius 2 is 1.67 bits per heavy atom. The van der Waals surface area contributed by atoms with Crippen molar-refractivity contribution in [3.8, 4) is 11.3 Å². The van der Waals surface area contributed by atoms with Crippen LogP contribution in [0.5, 0.6) is 0 Å². The zero-order valence-corrected chi connectivity index (χ0v) is 26.2. The molecule has 244 valence electrons. The van der Waals surface area contributed by atoms with E-state index in [-0.39, 0.29) is 46.8 Å². The Morgan fingerprint density at radius 3 is 2.33 bits per heavy atom. The van der Waals surface area contributed by atoms with Crippen molar-refractivity contribution in [1.82, 2.24) is 18.8 Å². The number of fused-ring (bicyclic) bond motifs is 1. The molecule has 0 bridgehead atoms. The Hall–Kier alpha value is -4.66. The van der Waals surface area contributed by atoms with Gasteiger partial charge in [0.05, 0.1) is 29.1 Å². The quantitative estimate of drug-likeness (QED) is 0.264. The molecule has 0 spiro atoms. The molecule has 1 aliphatic heterocycles. The smallest absolute Gasteiger partial charge is 0.419 e. The summed E-state index contributed by atoms with van der Waals surface area (Å²) < 4.78 is 81.6. The molecule has 2 unspecified atom stereocenters. The second-order valence-electron chi connectivity index (χ2n) is 11.8. The van der Waals surface area contributed by atoms with Crippen LogP contribution in [0.1, 0.15) is 32.8 Å². The van der Waals surface area contributed by atoms with Gasteiger partial charge in [0, 0.05) is 42.5 Å². The molecule has 3 heterocycles. The third-order valence-electron chi connectivity index (χ3n) is 7.30. The van der Waals surface area contributed by atoms with Gasteiger partial charge >= 0.3 is 18.2 Å². The fraction of sp³-hybridized carbons (Fsp3) is 0.355. The maximum atomic E-state index is 14.3. The van der Waals surface area contributed by atoms with E-state index in [1.807, 2.05) is 0 Å². The van der Waals surface area contributed by atoms with Crippen LogP contribution in [0.15, 0.2) is 71.9 Å². The summed E-state index contributed by atoms with van der Waals surface area (Å²) in [4.78, 5) is 34.8. The van der Waals surface area contributed by atoms with Gasteiger partial charge in [0.15, 0.2) is 0 Å². The molecule has 1 amide bonds. The number of para-hydroxylation sites is 1. The van der Waals surface area contributed by atoms with Crippen LogP contribution in [0.3, 0.4) is 0 Å². The van der Waals surface area contributed by atoms with Crippen molar-refractivity contribution in [1.29, 1.82) is 0 Å². The summed E-state index contributed by atoms with van der Waals surface area (Å²) in [6.07, 6.45) is -3.65. The predicted molar refractivity (Wildman–Crippen MR) is 162 cm³/mol. The zero-order chi connectivity index (χ0) is 33.4. The molecule has 11 nitrogen and oxygen atoms in total. The number of ether oxygens (including phenoxy) is 2. The molecule has 46 heavy (non-hydrogen) atoms.